The predicted octanol–water partition coefficient (Wildman–Crippen LogP) is 1.78. The highest BCUT2D eigenvalue weighted by atomic mass is 16.6. The maximum Gasteiger partial charge on any atom is 0.410 e. The van der Waals surface area contributed by atoms with Gasteiger partial charge in [-0.25, -0.2) is 4.79 Å². The van der Waals surface area contributed by atoms with Crippen LogP contribution in [0.15, 0.2) is 5.16 Å². The first-order valence-corrected chi connectivity index (χ1v) is 7.11. The Morgan fingerprint density at radius 1 is 1.43 bits per heavy atom. The van der Waals surface area contributed by atoms with Gasteiger partial charge in [0.1, 0.15) is 22.8 Å². The van der Waals surface area contributed by atoms with Crippen LogP contribution in [0.3, 0.4) is 0 Å². The number of carbonyl (C=O) groups excluding carboxylic acids is 2. The SMILES string of the molecule is C[C@@H]1OC(=O)C2(CCN(C(=O)OC(C)(C)C)CC2)C1=NO. The lowest BCUT2D eigenvalue weighted by molar-refractivity contribution is -0.150. The van der Waals surface area contributed by atoms with Crippen molar-refractivity contribution >= 4 is 17.8 Å². The van der Waals surface area contributed by atoms with Gasteiger partial charge in [-0.1, -0.05) is 5.16 Å². The van der Waals surface area contributed by atoms with Crippen LogP contribution < -0.4 is 0 Å². The van der Waals surface area contributed by atoms with E-state index in [1.165, 1.54) is 0 Å². The zero-order chi connectivity index (χ0) is 15.8. The average molecular weight is 298 g/mol. The summed E-state index contributed by atoms with van der Waals surface area (Å²) in [4.78, 5) is 25.7. The molecule has 0 aromatic rings. The Hall–Kier alpha value is -1.79. The molecule has 0 aromatic carbocycles. The first-order valence-electron chi connectivity index (χ1n) is 7.11. The van der Waals surface area contributed by atoms with Crippen molar-refractivity contribution in [3.05, 3.63) is 0 Å². The number of rotatable bonds is 0. The van der Waals surface area contributed by atoms with Crippen LogP contribution in [0.2, 0.25) is 0 Å². The fourth-order valence-electron chi connectivity index (χ4n) is 2.86. The van der Waals surface area contributed by atoms with Crippen molar-refractivity contribution in [2.24, 2.45) is 10.6 Å². The van der Waals surface area contributed by atoms with Crippen molar-refractivity contribution in [2.45, 2.75) is 52.2 Å². The fourth-order valence-corrected chi connectivity index (χ4v) is 2.86. The van der Waals surface area contributed by atoms with Crippen LogP contribution in [0.1, 0.15) is 40.5 Å². The Morgan fingerprint density at radius 2 is 2.00 bits per heavy atom. The summed E-state index contributed by atoms with van der Waals surface area (Å²) in [6.07, 6.45) is -0.140. The normalized spacial score (nSPS) is 27.0. The number of amides is 1. The van der Waals surface area contributed by atoms with E-state index in [-0.39, 0.29) is 12.1 Å². The Balaban J connectivity index is 2.06. The number of esters is 1. The summed E-state index contributed by atoms with van der Waals surface area (Å²) in [5.41, 5.74) is -1.09. The molecule has 0 unspecified atom stereocenters. The summed E-state index contributed by atoms with van der Waals surface area (Å²) in [5, 5.41) is 12.4. The number of hydrogen-bond donors (Lipinski definition) is 1. The van der Waals surface area contributed by atoms with Gasteiger partial charge in [-0.05, 0) is 40.5 Å². The van der Waals surface area contributed by atoms with E-state index in [9.17, 15) is 9.59 Å². The highest BCUT2D eigenvalue weighted by Gasteiger charge is 2.55. The van der Waals surface area contributed by atoms with E-state index in [1.807, 2.05) is 20.8 Å². The lowest BCUT2D eigenvalue weighted by atomic mass is 9.74. The fraction of sp³-hybridized carbons (Fsp3) is 0.786. The number of cyclic esters (lactones) is 1. The largest absolute Gasteiger partial charge is 0.456 e. The molecule has 2 aliphatic heterocycles. The number of oxime groups is 1. The molecule has 118 valence electrons. The molecule has 1 N–H and O–H groups in total. The quantitative estimate of drug-likeness (QED) is 0.418. The van der Waals surface area contributed by atoms with Gasteiger partial charge in [-0.3, -0.25) is 4.79 Å². The van der Waals surface area contributed by atoms with Crippen LogP contribution in [0.4, 0.5) is 4.79 Å². The molecule has 2 rings (SSSR count). The van der Waals surface area contributed by atoms with Crippen LogP contribution >= 0.6 is 0 Å². The topological polar surface area (TPSA) is 88.4 Å². The minimum Gasteiger partial charge on any atom is -0.456 e. The zero-order valence-corrected chi connectivity index (χ0v) is 12.9. The van der Waals surface area contributed by atoms with E-state index >= 15 is 0 Å². The number of carbonyl (C=O) groups is 2. The number of nitrogens with zero attached hydrogens (tertiary/aromatic N) is 2. The van der Waals surface area contributed by atoms with Gasteiger partial charge in [-0.2, -0.15) is 0 Å². The molecule has 2 fully saturated rings. The average Bonchev–Trinajstić information content (AvgIpc) is 2.59. The maximum atomic E-state index is 12.1. The smallest absolute Gasteiger partial charge is 0.410 e. The molecule has 0 bridgehead atoms. The molecule has 7 heteroatoms. The second-order valence-corrected chi connectivity index (χ2v) is 6.58. The molecular weight excluding hydrogens is 276 g/mol. The van der Waals surface area contributed by atoms with Crippen LogP contribution in [0, 0.1) is 5.41 Å². The summed E-state index contributed by atoms with van der Waals surface area (Å²) >= 11 is 0. The Bertz CT molecular complexity index is 472. The van der Waals surface area contributed by atoms with Gasteiger partial charge in [-0.15, -0.1) is 0 Å². The van der Waals surface area contributed by atoms with Crippen LogP contribution in [0.25, 0.3) is 0 Å². The van der Waals surface area contributed by atoms with Crippen molar-refractivity contribution in [1.82, 2.24) is 4.90 Å². The van der Waals surface area contributed by atoms with E-state index in [0.29, 0.717) is 31.6 Å². The molecule has 0 aliphatic carbocycles. The number of ether oxygens (including phenoxy) is 2. The predicted molar refractivity (Wildman–Crippen MR) is 74.2 cm³/mol. The monoisotopic (exact) mass is 298 g/mol. The van der Waals surface area contributed by atoms with Crippen LogP contribution in [0.5, 0.6) is 0 Å². The van der Waals surface area contributed by atoms with Crippen LogP contribution in [-0.4, -0.2) is 52.7 Å². The summed E-state index contributed by atoms with van der Waals surface area (Å²) in [6, 6.07) is 0. The Labute approximate surface area is 123 Å². The standard InChI is InChI=1S/C14H22N2O5/c1-9-10(15-19)14(11(17)20-9)5-7-16(8-6-14)12(18)21-13(2,3)4/h9,19H,5-8H2,1-4H3/t9-/m0/s1. The molecule has 1 atom stereocenters. The van der Waals surface area contributed by atoms with Gasteiger partial charge in [0.2, 0.25) is 0 Å². The second kappa shape index (κ2) is 5.20. The summed E-state index contributed by atoms with van der Waals surface area (Å²) in [7, 11) is 0. The molecule has 0 radical (unpaired) electrons. The molecule has 21 heavy (non-hydrogen) atoms. The minimum absolute atomic E-state index is 0.358. The maximum absolute atomic E-state index is 12.1. The molecule has 7 nitrogen and oxygen atoms in total. The van der Waals surface area contributed by atoms with Gasteiger partial charge >= 0.3 is 12.1 Å². The highest BCUT2D eigenvalue weighted by molar-refractivity contribution is 6.13. The highest BCUT2D eigenvalue weighted by Crippen LogP contribution is 2.41. The molecule has 1 spiro atoms. The van der Waals surface area contributed by atoms with E-state index in [1.54, 1.807) is 11.8 Å². The molecular formula is C14H22N2O5. The zero-order valence-electron chi connectivity index (χ0n) is 12.9. The van der Waals surface area contributed by atoms with Crippen molar-refractivity contribution in [1.29, 1.82) is 0 Å². The number of likely N-dealkylation sites (tertiary alicyclic amines) is 1. The molecule has 2 saturated heterocycles. The van der Waals surface area contributed by atoms with Crippen molar-refractivity contribution in [3.63, 3.8) is 0 Å². The second-order valence-electron chi connectivity index (χ2n) is 6.58. The van der Waals surface area contributed by atoms with E-state index < -0.39 is 17.1 Å². The first kappa shape index (κ1) is 15.6. The van der Waals surface area contributed by atoms with E-state index in [2.05, 4.69) is 5.16 Å². The Morgan fingerprint density at radius 3 is 2.48 bits per heavy atom. The molecule has 2 heterocycles. The summed E-state index contributed by atoms with van der Waals surface area (Å²) in [5.74, 6) is -0.369. The first-order chi connectivity index (χ1) is 9.69. The van der Waals surface area contributed by atoms with Crippen molar-refractivity contribution < 1.29 is 24.3 Å². The number of piperidine rings is 1. The van der Waals surface area contributed by atoms with Gasteiger partial charge in [0.25, 0.3) is 0 Å². The minimum atomic E-state index is -0.896. The third-order valence-corrected chi connectivity index (χ3v) is 3.93. The van der Waals surface area contributed by atoms with Gasteiger partial charge < -0.3 is 19.6 Å². The number of hydrogen-bond acceptors (Lipinski definition) is 6. The third kappa shape index (κ3) is 2.82. The molecule has 0 saturated carbocycles. The van der Waals surface area contributed by atoms with E-state index in [4.69, 9.17) is 14.7 Å². The molecule has 0 aromatic heterocycles. The van der Waals surface area contributed by atoms with Crippen molar-refractivity contribution in [3.8, 4) is 0 Å². The molecule has 2 aliphatic rings. The van der Waals surface area contributed by atoms with Crippen LogP contribution in [-0.2, 0) is 14.3 Å². The summed E-state index contributed by atoms with van der Waals surface area (Å²) in [6.45, 7) is 7.85. The molecule has 1 amide bonds. The van der Waals surface area contributed by atoms with Crippen molar-refractivity contribution in [2.75, 3.05) is 13.1 Å². The lowest BCUT2D eigenvalue weighted by Gasteiger charge is -2.37. The van der Waals surface area contributed by atoms with Gasteiger partial charge in [0.05, 0.1) is 0 Å². The van der Waals surface area contributed by atoms with E-state index in [0.717, 1.165) is 0 Å². The van der Waals surface area contributed by atoms with Gasteiger partial charge in [0.15, 0.2) is 0 Å². The lowest BCUT2D eigenvalue weighted by Crippen LogP contribution is -2.49. The van der Waals surface area contributed by atoms with Gasteiger partial charge in [0, 0.05) is 13.1 Å². The summed E-state index contributed by atoms with van der Waals surface area (Å²) < 4.78 is 10.5. The third-order valence-electron chi connectivity index (χ3n) is 3.93. The Kier molecular flexibility index (Phi) is 3.86.